The second-order valence-corrected chi connectivity index (χ2v) is 3.04. The van der Waals surface area contributed by atoms with Crippen LogP contribution in [0, 0.1) is 0 Å². The van der Waals surface area contributed by atoms with E-state index in [1.54, 1.807) is 0 Å². The van der Waals surface area contributed by atoms with Crippen LogP contribution in [-0.2, 0) is 15.6 Å². The van der Waals surface area contributed by atoms with Gasteiger partial charge in [-0.1, -0.05) is 0 Å². The van der Waals surface area contributed by atoms with Crippen molar-refractivity contribution in [1.29, 1.82) is 0 Å². The van der Waals surface area contributed by atoms with Crippen LogP contribution in [0.4, 0.5) is 8.78 Å². The van der Waals surface area contributed by atoms with E-state index in [-0.39, 0.29) is 0 Å². The Morgan fingerprint density at radius 2 is 2.10 bits per heavy atom. The predicted molar refractivity (Wildman–Crippen MR) is 31.5 cm³/mol. The zero-order chi connectivity index (χ0) is 8.15. The third-order valence-corrected chi connectivity index (χ3v) is 1.79. The summed E-state index contributed by atoms with van der Waals surface area (Å²) in [4.78, 5) is 9.75. The zero-order valence-corrected chi connectivity index (χ0v) is 5.74. The number of aliphatic carboxylic acids is 1. The van der Waals surface area contributed by atoms with Crippen LogP contribution in [-0.4, -0.2) is 33.2 Å². The molecule has 0 radical (unpaired) electrons. The molecule has 6 heteroatoms. The van der Waals surface area contributed by atoms with Gasteiger partial charge in [0.15, 0.2) is 0 Å². The van der Waals surface area contributed by atoms with E-state index in [4.69, 9.17) is 5.11 Å². The number of rotatable bonds is 4. The Morgan fingerprint density at radius 1 is 1.60 bits per heavy atom. The quantitative estimate of drug-likeness (QED) is 0.653. The molecule has 0 aliphatic carbocycles. The van der Waals surface area contributed by atoms with Crippen molar-refractivity contribution >= 4 is 16.8 Å². The highest BCUT2D eigenvalue weighted by molar-refractivity contribution is 7.85. The molecule has 0 bridgehead atoms. The van der Waals surface area contributed by atoms with E-state index in [0.29, 0.717) is 0 Å². The van der Waals surface area contributed by atoms with E-state index < -0.39 is 34.7 Å². The lowest BCUT2D eigenvalue weighted by Crippen LogP contribution is -2.15. The fourth-order valence-corrected chi connectivity index (χ4v) is 1.01. The largest absolute Gasteiger partial charge is 0.481 e. The molecular formula is C4H6F2O3S. The van der Waals surface area contributed by atoms with Crippen molar-refractivity contribution in [2.24, 2.45) is 0 Å². The summed E-state index contributed by atoms with van der Waals surface area (Å²) in [7, 11) is -1.93. The molecule has 0 saturated carbocycles. The Hall–Kier alpha value is -0.520. The van der Waals surface area contributed by atoms with Gasteiger partial charge in [-0.25, -0.2) is 8.78 Å². The second kappa shape index (κ2) is 4.32. The van der Waals surface area contributed by atoms with Gasteiger partial charge in [-0.3, -0.25) is 9.00 Å². The minimum absolute atomic E-state index is 0.704. The van der Waals surface area contributed by atoms with Crippen molar-refractivity contribution in [2.75, 3.05) is 11.5 Å². The molecule has 1 atom stereocenters. The van der Waals surface area contributed by atoms with Gasteiger partial charge in [0, 0.05) is 10.8 Å². The molecule has 0 rings (SSSR count). The van der Waals surface area contributed by atoms with Gasteiger partial charge in [-0.15, -0.1) is 0 Å². The van der Waals surface area contributed by atoms with Gasteiger partial charge in [0.05, 0.1) is 5.75 Å². The highest BCUT2D eigenvalue weighted by atomic mass is 32.2. The highest BCUT2D eigenvalue weighted by Gasteiger charge is 2.11. The molecule has 0 heterocycles. The van der Waals surface area contributed by atoms with E-state index >= 15 is 0 Å². The molecule has 0 amide bonds. The van der Waals surface area contributed by atoms with Crippen molar-refractivity contribution in [3.8, 4) is 0 Å². The van der Waals surface area contributed by atoms with Crippen LogP contribution in [0.1, 0.15) is 0 Å². The summed E-state index contributed by atoms with van der Waals surface area (Å²) in [5.41, 5.74) is 0. The summed E-state index contributed by atoms with van der Waals surface area (Å²) in [5.74, 6) is -2.88. The molecule has 1 unspecified atom stereocenters. The third-order valence-electron chi connectivity index (χ3n) is 0.596. The number of carboxylic acid groups (broad SMARTS) is 1. The smallest absolute Gasteiger partial charge is 0.316 e. The van der Waals surface area contributed by atoms with Gasteiger partial charge in [0.2, 0.25) is 6.43 Å². The number of hydrogen-bond acceptors (Lipinski definition) is 2. The number of carboxylic acids is 1. The van der Waals surface area contributed by atoms with Gasteiger partial charge >= 0.3 is 5.97 Å². The standard InChI is InChI=1S/C4H6F2O3S/c5-3(6)1-10(9)2-4(7)8/h3H,1-2H2,(H,7,8). The third kappa shape index (κ3) is 5.61. The van der Waals surface area contributed by atoms with Crippen LogP contribution in [0.25, 0.3) is 0 Å². The molecule has 0 aliphatic heterocycles. The highest BCUT2D eigenvalue weighted by Crippen LogP contribution is 1.95. The molecule has 0 aromatic carbocycles. The van der Waals surface area contributed by atoms with Crippen LogP contribution < -0.4 is 0 Å². The number of hydrogen-bond donors (Lipinski definition) is 1. The fraction of sp³-hybridized carbons (Fsp3) is 0.750. The van der Waals surface area contributed by atoms with Crippen LogP contribution in [0.15, 0.2) is 0 Å². The van der Waals surface area contributed by atoms with Gasteiger partial charge in [0.25, 0.3) is 0 Å². The number of carbonyl (C=O) groups is 1. The summed E-state index contributed by atoms with van der Waals surface area (Å²) < 4.78 is 33.0. The molecule has 60 valence electrons. The summed E-state index contributed by atoms with van der Waals surface area (Å²) >= 11 is 0. The second-order valence-electron chi connectivity index (χ2n) is 1.54. The molecule has 0 fully saturated rings. The van der Waals surface area contributed by atoms with E-state index in [9.17, 15) is 17.8 Å². The first-order valence-corrected chi connectivity index (χ1v) is 3.86. The summed E-state index contributed by atoms with van der Waals surface area (Å²) in [6, 6.07) is 0. The van der Waals surface area contributed by atoms with Gasteiger partial charge in [0.1, 0.15) is 5.75 Å². The van der Waals surface area contributed by atoms with E-state index in [1.165, 1.54) is 0 Å². The fourth-order valence-electron chi connectivity index (χ4n) is 0.337. The Labute approximate surface area is 58.5 Å². The Morgan fingerprint density at radius 3 is 2.40 bits per heavy atom. The number of alkyl halides is 2. The van der Waals surface area contributed by atoms with Crippen molar-refractivity contribution in [2.45, 2.75) is 6.43 Å². The molecule has 10 heavy (non-hydrogen) atoms. The normalized spacial score (nSPS) is 13.5. The van der Waals surface area contributed by atoms with Gasteiger partial charge in [-0.05, 0) is 0 Å². The molecule has 0 aliphatic rings. The van der Waals surface area contributed by atoms with Crippen LogP contribution in [0.3, 0.4) is 0 Å². The van der Waals surface area contributed by atoms with E-state index in [0.717, 1.165) is 0 Å². The first-order valence-electron chi connectivity index (χ1n) is 2.37. The minimum Gasteiger partial charge on any atom is -0.481 e. The lowest BCUT2D eigenvalue weighted by Gasteiger charge is -1.95. The summed E-state index contributed by atoms with van der Waals surface area (Å²) in [6.07, 6.45) is -2.69. The lowest BCUT2D eigenvalue weighted by atomic mass is 10.8. The Bertz CT molecular complexity index is 147. The Kier molecular flexibility index (Phi) is 4.10. The zero-order valence-electron chi connectivity index (χ0n) is 4.92. The molecule has 0 spiro atoms. The monoisotopic (exact) mass is 172 g/mol. The average Bonchev–Trinajstić information content (AvgIpc) is 1.58. The first-order chi connectivity index (χ1) is 4.52. The topological polar surface area (TPSA) is 54.4 Å². The van der Waals surface area contributed by atoms with Crippen LogP contribution in [0.5, 0.6) is 0 Å². The van der Waals surface area contributed by atoms with Crippen molar-refractivity contribution in [3.63, 3.8) is 0 Å². The first kappa shape index (κ1) is 9.48. The maximum atomic E-state index is 11.3. The van der Waals surface area contributed by atoms with Gasteiger partial charge in [-0.2, -0.15) is 0 Å². The minimum atomic E-state index is -2.69. The molecule has 0 aromatic rings. The van der Waals surface area contributed by atoms with Crippen LogP contribution >= 0.6 is 0 Å². The molecule has 0 aromatic heterocycles. The molecule has 3 nitrogen and oxygen atoms in total. The Balaban J connectivity index is 3.54. The maximum absolute atomic E-state index is 11.3. The molecule has 1 N–H and O–H groups in total. The van der Waals surface area contributed by atoms with Gasteiger partial charge < -0.3 is 5.11 Å². The van der Waals surface area contributed by atoms with Crippen molar-refractivity contribution < 1.29 is 22.9 Å². The van der Waals surface area contributed by atoms with Crippen molar-refractivity contribution in [1.82, 2.24) is 0 Å². The lowest BCUT2D eigenvalue weighted by molar-refractivity contribution is -0.133. The summed E-state index contributed by atoms with van der Waals surface area (Å²) in [6.45, 7) is 0. The summed E-state index contributed by atoms with van der Waals surface area (Å²) in [5, 5.41) is 7.96. The molecule has 0 saturated heterocycles. The van der Waals surface area contributed by atoms with Crippen LogP contribution in [0.2, 0.25) is 0 Å². The maximum Gasteiger partial charge on any atom is 0.316 e. The van der Waals surface area contributed by atoms with Crippen molar-refractivity contribution in [3.05, 3.63) is 0 Å². The molecular weight excluding hydrogens is 166 g/mol. The number of halogens is 2. The van der Waals surface area contributed by atoms with E-state index in [2.05, 4.69) is 0 Å². The SMILES string of the molecule is O=C(O)CS(=O)CC(F)F. The predicted octanol–water partition coefficient (Wildman–Crippen LogP) is 0.0848. The van der Waals surface area contributed by atoms with E-state index in [1.807, 2.05) is 0 Å². The average molecular weight is 172 g/mol.